The zero-order chi connectivity index (χ0) is 37.1. The van der Waals surface area contributed by atoms with Crippen molar-refractivity contribution in [3.63, 3.8) is 0 Å². The number of aromatic nitrogens is 3. The second-order valence-corrected chi connectivity index (χ2v) is 15.4. The molecule has 0 amide bonds. The van der Waals surface area contributed by atoms with E-state index < -0.39 is 5.41 Å². The van der Waals surface area contributed by atoms with Crippen LogP contribution in [-0.4, -0.2) is 15.0 Å². The van der Waals surface area contributed by atoms with Crippen LogP contribution < -0.4 is 0 Å². The highest BCUT2D eigenvalue weighted by Gasteiger charge is 2.46. The summed E-state index contributed by atoms with van der Waals surface area (Å²) >= 11 is 1.82. The molecule has 2 heterocycles. The Hall–Kier alpha value is -7.01. The van der Waals surface area contributed by atoms with E-state index in [0.29, 0.717) is 17.5 Å². The lowest BCUT2D eigenvalue weighted by Crippen LogP contribution is -2.28. The molecular weight excluding hydrogens is 699 g/mol. The fourth-order valence-corrected chi connectivity index (χ4v) is 9.94. The molecule has 0 atom stereocenters. The molecule has 8 aromatic carbocycles. The van der Waals surface area contributed by atoms with Crippen molar-refractivity contribution in [3.05, 3.63) is 222 Å². The molecule has 0 saturated carbocycles. The molecule has 0 aliphatic heterocycles. The van der Waals surface area contributed by atoms with Gasteiger partial charge in [0.1, 0.15) is 0 Å². The van der Waals surface area contributed by atoms with Crippen LogP contribution in [0.25, 0.3) is 76.6 Å². The fraction of sp³-hybridized carbons (Fsp3) is 0.0192. The first-order valence-corrected chi connectivity index (χ1v) is 19.8. The third-order valence-corrected chi connectivity index (χ3v) is 12.3. The molecule has 2 aromatic heterocycles. The number of benzene rings is 8. The monoisotopic (exact) mass is 731 g/mol. The van der Waals surface area contributed by atoms with Gasteiger partial charge in [-0.1, -0.05) is 176 Å². The van der Waals surface area contributed by atoms with Crippen LogP contribution in [0.5, 0.6) is 0 Å². The number of hydrogen-bond acceptors (Lipinski definition) is 4. The minimum atomic E-state index is -0.453. The predicted molar refractivity (Wildman–Crippen MR) is 232 cm³/mol. The van der Waals surface area contributed by atoms with Crippen LogP contribution in [0.3, 0.4) is 0 Å². The van der Waals surface area contributed by atoms with Gasteiger partial charge in [0.05, 0.1) is 5.41 Å². The summed E-state index contributed by atoms with van der Waals surface area (Å²) in [5.41, 5.74) is 12.4. The number of nitrogens with zero attached hydrogens (tertiary/aromatic N) is 3. The quantitative estimate of drug-likeness (QED) is 0.171. The number of rotatable bonds is 6. The van der Waals surface area contributed by atoms with Gasteiger partial charge < -0.3 is 0 Å². The lowest BCUT2D eigenvalue weighted by atomic mass is 9.67. The molecule has 3 nitrogen and oxygen atoms in total. The predicted octanol–water partition coefficient (Wildman–Crippen LogP) is 13.3. The van der Waals surface area contributed by atoms with Gasteiger partial charge in [-0.05, 0) is 68.8 Å². The molecule has 262 valence electrons. The van der Waals surface area contributed by atoms with Crippen LogP contribution in [-0.2, 0) is 5.41 Å². The van der Waals surface area contributed by atoms with E-state index in [0.717, 1.165) is 27.8 Å². The van der Waals surface area contributed by atoms with E-state index in [9.17, 15) is 0 Å². The van der Waals surface area contributed by atoms with E-state index in [1.54, 1.807) is 0 Å². The smallest absolute Gasteiger partial charge is 0.164 e. The van der Waals surface area contributed by atoms with Crippen molar-refractivity contribution >= 4 is 31.5 Å². The highest BCUT2D eigenvalue weighted by Crippen LogP contribution is 2.57. The molecule has 0 radical (unpaired) electrons. The van der Waals surface area contributed by atoms with Crippen LogP contribution in [0, 0.1) is 0 Å². The maximum absolute atomic E-state index is 5.15. The third kappa shape index (κ3) is 5.07. The van der Waals surface area contributed by atoms with Gasteiger partial charge >= 0.3 is 0 Å². The van der Waals surface area contributed by atoms with Crippen LogP contribution in [0.2, 0.25) is 0 Å². The van der Waals surface area contributed by atoms with Gasteiger partial charge in [0.25, 0.3) is 0 Å². The zero-order valence-electron chi connectivity index (χ0n) is 30.3. The summed E-state index contributed by atoms with van der Waals surface area (Å²) in [7, 11) is 0. The van der Waals surface area contributed by atoms with Gasteiger partial charge in [-0.3, -0.25) is 0 Å². The fourth-order valence-electron chi connectivity index (χ4n) is 8.77. The topological polar surface area (TPSA) is 38.7 Å². The molecule has 10 aromatic rings. The van der Waals surface area contributed by atoms with Crippen molar-refractivity contribution in [2.45, 2.75) is 5.41 Å². The van der Waals surface area contributed by atoms with Gasteiger partial charge in [-0.2, -0.15) is 0 Å². The van der Waals surface area contributed by atoms with Gasteiger partial charge in [0, 0.05) is 36.9 Å². The number of thiophene rings is 1. The van der Waals surface area contributed by atoms with Gasteiger partial charge in [-0.15, -0.1) is 11.3 Å². The molecule has 11 rings (SSSR count). The molecule has 0 bridgehead atoms. The van der Waals surface area contributed by atoms with Gasteiger partial charge in [-0.25, -0.2) is 15.0 Å². The molecule has 0 N–H and O–H groups in total. The molecule has 0 fully saturated rings. The van der Waals surface area contributed by atoms with Crippen molar-refractivity contribution in [2.24, 2.45) is 0 Å². The maximum atomic E-state index is 5.15. The molecule has 0 saturated heterocycles. The zero-order valence-corrected chi connectivity index (χ0v) is 31.1. The first kappa shape index (κ1) is 32.4. The summed E-state index contributed by atoms with van der Waals surface area (Å²) in [6, 6.07) is 71.7. The van der Waals surface area contributed by atoms with E-state index in [4.69, 9.17) is 15.0 Å². The summed E-state index contributed by atoms with van der Waals surface area (Å²) in [6.07, 6.45) is 0. The van der Waals surface area contributed by atoms with E-state index >= 15 is 0 Å². The Morgan fingerprint density at radius 1 is 0.339 bits per heavy atom. The van der Waals surface area contributed by atoms with E-state index in [2.05, 4.69) is 164 Å². The molecule has 0 spiro atoms. The number of hydrogen-bond donors (Lipinski definition) is 0. The molecule has 1 aliphatic rings. The Morgan fingerprint density at radius 2 is 0.839 bits per heavy atom. The second-order valence-electron chi connectivity index (χ2n) is 14.3. The molecule has 56 heavy (non-hydrogen) atoms. The first-order valence-electron chi connectivity index (χ1n) is 18.9. The van der Waals surface area contributed by atoms with Crippen molar-refractivity contribution in [1.29, 1.82) is 0 Å². The summed E-state index contributed by atoms with van der Waals surface area (Å²) in [5, 5.41) is 2.50. The Labute approximate surface area is 329 Å². The third-order valence-electron chi connectivity index (χ3n) is 11.2. The van der Waals surface area contributed by atoms with Crippen molar-refractivity contribution in [2.75, 3.05) is 0 Å². The Balaban J connectivity index is 1.17. The van der Waals surface area contributed by atoms with Crippen LogP contribution in [0.1, 0.15) is 22.3 Å². The van der Waals surface area contributed by atoms with Crippen molar-refractivity contribution < 1.29 is 0 Å². The van der Waals surface area contributed by atoms with Crippen molar-refractivity contribution in [3.8, 4) is 56.4 Å². The average Bonchev–Trinajstić information content (AvgIpc) is 3.81. The highest BCUT2D eigenvalue weighted by atomic mass is 32.1. The van der Waals surface area contributed by atoms with Crippen LogP contribution in [0.15, 0.2) is 200 Å². The lowest BCUT2D eigenvalue weighted by Gasteiger charge is -2.33. The van der Waals surface area contributed by atoms with Crippen LogP contribution >= 0.6 is 11.3 Å². The highest BCUT2D eigenvalue weighted by molar-refractivity contribution is 7.26. The maximum Gasteiger partial charge on any atom is 0.164 e. The van der Waals surface area contributed by atoms with E-state index in [-0.39, 0.29) is 0 Å². The van der Waals surface area contributed by atoms with Gasteiger partial charge in [0.2, 0.25) is 0 Å². The molecule has 4 heteroatoms. The lowest BCUT2D eigenvalue weighted by molar-refractivity contribution is 0.768. The minimum Gasteiger partial charge on any atom is -0.208 e. The summed E-state index contributed by atoms with van der Waals surface area (Å²) in [4.78, 5) is 15.3. The standard InChI is InChI=1S/C52H33N3S/c1-5-17-34(18-6-1)49-53-50(35-19-7-2-8-20-35)55-51(54-49)37-32-42(48-41-26-14-16-28-46(41)56-47(48)33-37)36-29-30-45-43(31-36)40-25-13-15-27-44(40)52(45,38-21-9-3-10-22-38)39-23-11-4-12-24-39/h1-33H. The first-order chi connectivity index (χ1) is 27.8. The van der Waals surface area contributed by atoms with Crippen LogP contribution in [0.4, 0.5) is 0 Å². The van der Waals surface area contributed by atoms with Gasteiger partial charge in [0.15, 0.2) is 17.5 Å². The molecule has 0 unspecified atom stereocenters. The Kier molecular flexibility index (Phi) is 7.58. The summed E-state index contributed by atoms with van der Waals surface area (Å²) in [5.74, 6) is 1.96. The van der Waals surface area contributed by atoms with E-state index in [1.807, 2.05) is 47.7 Å². The molecule has 1 aliphatic carbocycles. The largest absolute Gasteiger partial charge is 0.208 e. The van der Waals surface area contributed by atoms with E-state index in [1.165, 1.54) is 53.6 Å². The normalized spacial score (nSPS) is 12.8. The summed E-state index contributed by atoms with van der Waals surface area (Å²) in [6.45, 7) is 0. The SMILES string of the molecule is c1ccc(-c2nc(-c3ccccc3)nc(-c3cc(-c4ccc5c(c4)-c4ccccc4C5(c4ccccc4)c4ccccc4)c4c(c3)sc3ccccc34)n2)cc1. The van der Waals surface area contributed by atoms with Crippen molar-refractivity contribution in [1.82, 2.24) is 15.0 Å². The summed E-state index contributed by atoms with van der Waals surface area (Å²) < 4.78 is 2.45. The minimum absolute atomic E-state index is 0.453. The number of fused-ring (bicyclic) bond motifs is 6. The Morgan fingerprint density at radius 3 is 1.48 bits per heavy atom. The second kappa shape index (κ2) is 13.1. The Bertz CT molecular complexity index is 2970. The average molecular weight is 732 g/mol. The molecular formula is C52H33N3S.